The lowest BCUT2D eigenvalue weighted by atomic mass is 10.0. The van der Waals surface area contributed by atoms with E-state index in [1.807, 2.05) is 18.2 Å². The van der Waals surface area contributed by atoms with Crippen LogP contribution in [0, 0.1) is 12.8 Å². The highest BCUT2D eigenvalue weighted by Crippen LogP contribution is 2.44. The zero-order valence-electron chi connectivity index (χ0n) is 12.4. The average molecular weight is 302 g/mol. The first-order valence-electron chi connectivity index (χ1n) is 7.34. The highest BCUT2D eigenvalue weighted by molar-refractivity contribution is 6.30. The molecule has 0 bridgehead atoms. The molecule has 1 aliphatic rings. The molecule has 1 atom stereocenters. The first-order valence-corrected chi connectivity index (χ1v) is 7.72. The molecule has 2 nitrogen and oxygen atoms in total. The van der Waals surface area contributed by atoms with Gasteiger partial charge in [-0.25, -0.2) is 0 Å². The standard InChI is InChI=1S/C18H20ClNO/c1-12-3-10-17(21-2)16(11-12)20-18(13-4-5-13)14-6-8-15(19)9-7-14/h3,6-11,13,18,20H,4-5H2,1-2H3. The molecule has 1 saturated carbocycles. The van der Waals surface area contributed by atoms with Gasteiger partial charge in [-0.05, 0) is 61.1 Å². The summed E-state index contributed by atoms with van der Waals surface area (Å²) in [7, 11) is 1.71. The van der Waals surface area contributed by atoms with Crippen LogP contribution in [0.2, 0.25) is 5.02 Å². The summed E-state index contributed by atoms with van der Waals surface area (Å²) in [6.45, 7) is 2.10. The number of halogens is 1. The minimum Gasteiger partial charge on any atom is -0.495 e. The van der Waals surface area contributed by atoms with E-state index in [1.165, 1.54) is 24.0 Å². The van der Waals surface area contributed by atoms with Crippen LogP contribution in [0.15, 0.2) is 42.5 Å². The molecule has 1 N–H and O–H groups in total. The largest absolute Gasteiger partial charge is 0.495 e. The summed E-state index contributed by atoms with van der Waals surface area (Å²) in [6.07, 6.45) is 2.54. The molecule has 110 valence electrons. The number of benzene rings is 2. The monoisotopic (exact) mass is 301 g/mol. The van der Waals surface area contributed by atoms with Crippen LogP contribution < -0.4 is 10.1 Å². The molecule has 2 aromatic carbocycles. The van der Waals surface area contributed by atoms with Gasteiger partial charge in [-0.2, -0.15) is 0 Å². The highest BCUT2D eigenvalue weighted by atomic mass is 35.5. The van der Waals surface area contributed by atoms with Gasteiger partial charge in [0.25, 0.3) is 0 Å². The van der Waals surface area contributed by atoms with Gasteiger partial charge in [0, 0.05) is 5.02 Å². The lowest BCUT2D eigenvalue weighted by Crippen LogP contribution is -2.13. The Labute approximate surface area is 131 Å². The van der Waals surface area contributed by atoms with Gasteiger partial charge in [0.2, 0.25) is 0 Å². The van der Waals surface area contributed by atoms with Gasteiger partial charge in [-0.3, -0.25) is 0 Å². The summed E-state index contributed by atoms with van der Waals surface area (Å²) >= 11 is 6.00. The molecular weight excluding hydrogens is 282 g/mol. The van der Waals surface area contributed by atoms with Crippen LogP contribution in [0.1, 0.15) is 30.0 Å². The van der Waals surface area contributed by atoms with Crippen molar-refractivity contribution in [2.24, 2.45) is 5.92 Å². The molecule has 3 heteroatoms. The smallest absolute Gasteiger partial charge is 0.141 e. The molecule has 0 aromatic heterocycles. The third-order valence-electron chi connectivity index (χ3n) is 3.99. The third-order valence-corrected chi connectivity index (χ3v) is 4.24. The number of ether oxygens (including phenoxy) is 1. The fourth-order valence-corrected chi connectivity index (χ4v) is 2.80. The minimum absolute atomic E-state index is 0.318. The van der Waals surface area contributed by atoms with Crippen molar-refractivity contribution in [3.63, 3.8) is 0 Å². The quantitative estimate of drug-likeness (QED) is 0.817. The molecule has 0 amide bonds. The molecular formula is C18H20ClNO. The van der Waals surface area contributed by atoms with E-state index in [-0.39, 0.29) is 0 Å². The van der Waals surface area contributed by atoms with Crippen LogP contribution in [0.25, 0.3) is 0 Å². The van der Waals surface area contributed by atoms with Crippen molar-refractivity contribution in [1.82, 2.24) is 0 Å². The fraction of sp³-hybridized carbons (Fsp3) is 0.333. The normalized spacial score (nSPS) is 15.6. The first-order chi connectivity index (χ1) is 10.2. The molecule has 0 aliphatic heterocycles. The van der Waals surface area contributed by atoms with Crippen molar-refractivity contribution in [2.75, 3.05) is 12.4 Å². The summed E-state index contributed by atoms with van der Waals surface area (Å²) < 4.78 is 5.47. The number of hydrogen-bond donors (Lipinski definition) is 1. The Hall–Kier alpha value is -1.67. The van der Waals surface area contributed by atoms with Gasteiger partial charge in [-0.15, -0.1) is 0 Å². The number of methoxy groups -OCH3 is 1. The van der Waals surface area contributed by atoms with Crippen LogP contribution in [0.4, 0.5) is 5.69 Å². The van der Waals surface area contributed by atoms with E-state index in [1.54, 1.807) is 7.11 Å². The second kappa shape index (κ2) is 5.98. The molecule has 1 unspecified atom stereocenters. The number of anilines is 1. The number of nitrogens with one attached hydrogen (secondary N) is 1. The number of hydrogen-bond acceptors (Lipinski definition) is 2. The molecule has 2 aromatic rings. The van der Waals surface area contributed by atoms with Crippen LogP contribution in [0.5, 0.6) is 5.75 Å². The van der Waals surface area contributed by atoms with E-state index in [4.69, 9.17) is 16.3 Å². The second-order valence-corrected chi connectivity index (χ2v) is 6.15. The van der Waals surface area contributed by atoms with E-state index < -0.39 is 0 Å². The van der Waals surface area contributed by atoms with Gasteiger partial charge in [-0.1, -0.05) is 29.8 Å². The predicted molar refractivity (Wildman–Crippen MR) is 88.3 cm³/mol. The summed E-state index contributed by atoms with van der Waals surface area (Å²) in [5.74, 6) is 1.58. The topological polar surface area (TPSA) is 21.3 Å². The van der Waals surface area contributed by atoms with E-state index in [9.17, 15) is 0 Å². The molecule has 21 heavy (non-hydrogen) atoms. The van der Waals surface area contributed by atoms with Gasteiger partial charge in [0.05, 0.1) is 18.8 Å². The maximum absolute atomic E-state index is 6.00. The molecule has 0 radical (unpaired) electrons. The second-order valence-electron chi connectivity index (χ2n) is 5.71. The van der Waals surface area contributed by atoms with E-state index in [0.29, 0.717) is 12.0 Å². The van der Waals surface area contributed by atoms with E-state index >= 15 is 0 Å². The van der Waals surface area contributed by atoms with Crippen molar-refractivity contribution < 1.29 is 4.74 Å². The molecule has 1 aliphatic carbocycles. The molecule has 3 rings (SSSR count). The zero-order chi connectivity index (χ0) is 14.8. The van der Waals surface area contributed by atoms with Crippen LogP contribution >= 0.6 is 11.6 Å². The van der Waals surface area contributed by atoms with E-state index in [2.05, 4.69) is 36.5 Å². The Morgan fingerprint density at radius 3 is 2.48 bits per heavy atom. The lowest BCUT2D eigenvalue weighted by Gasteiger charge is -2.22. The summed E-state index contributed by atoms with van der Waals surface area (Å²) in [4.78, 5) is 0. The van der Waals surface area contributed by atoms with Crippen molar-refractivity contribution in [3.8, 4) is 5.75 Å². The van der Waals surface area contributed by atoms with Crippen molar-refractivity contribution in [2.45, 2.75) is 25.8 Å². The molecule has 0 saturated heterocycles. The van der Waals surface area contributed by atoms with Gasteiger partial charge in [0.1, 0.15) is 5.75 Å². The van der Waals surface area contributed by atoms with Gasteiger partial charge in [0.15, 0.2) is 0 Å². The Kier molecular flexibility index (Phi) is 4.07. The van der Waals surface area contributed by atoms with Gasteiger partial charge < -0.3 is 10.1 Å². The Balaban J connectivity index is 1.89. The van der Waals surface area contributed by atoms with Crippen LogP contribution in [-0.4, -0.2) is 7.11 Å². The summed E-state index contributed by atoms with van der Waals surface area (Å²) in [5.41, 5.74) is 3.57. The summed E-state index contributed by atoms with van der Waals surface area (Å²) in [6, 6.07) is 14.7. The third kappa shape index (κ3) is 3.33. The number of aryl methyl sites for hydroxylation is 1. The Morgan fingerprint density at radius 2 is 1.86 bits per heavy atom. The minimum atomic E-state index is 0.318. The number of rotatable bonds is 5. The maximum Gasteiger partial charge on any atom is 0.141 e. The summed E-state index contributed by atoms with van der Waals surface area (Å²) in [5, 5.41) is 4.45. The van der Waals surface area contributed by atoms with Crippen molar-refractivity contribution >= 4 is 17.3 Å². The predicted octanol–water partition coefficient (Wildman–Crippen LogP) is 5.22. The van der Waals surface area contributed by atoms with Crippen LogP contribution in [0.3, 0.4) is 0 Å². The van der Waals surface area contributed by atoms with Crippen molar-refractivity contribution in [1.29, 1.82) is 0 Å². The lowest BCUT2D eigenvalue weighted by molar-refractivity contribution is 0.415. The average Bonchev–Trinajstić information content (AvgIpc) is 3.31. The van der Waals surface area contributed by atoms with E-state index in [0.717, 1.165) is 16.5 Å². The molecule has 1 fully saturated rings. The van der Waals surface area contributed by atoms with Crippen LogP contribution in [-0.2, 0) is 0 Å². The first kappa shape index (κ1) is 14.3. The zero-order valence-corrected chi connectivity index (χ0v) is 13.2. The van der Waals surface area contributed by atoms with Crippen molar-refractivity contribution in [3.05, 3.63) is 58.6 Å². The van der Waals surface area contributed by atoms with Gasteiger partial charge >= 0.3 is 0 Å². The highest BCUT2D eigenvalue weighted by Gasteiger charge is 2.32. The molecule has 0 spiro atoms. The maximum atomic E-state index is 6.00. The Bertz CT molecular complexity index is 620. The Morgan fingerprint density at radius 1 is 1.14 bits per heavy atom. The molecule has 0 heterocycles. The fourth-order valence-electron chi connectivity index (χ4n) is 2.68. The SMILES string of the molecule is COc1ccc(C)cc1NC(c1ccc(Cl)cc1)C1CC1.